The minimum Gasteiger partial charge on any atom is -0.349 e. The lowest BCUT2D eigenvalue weighted by Crippen LogP contribution is -2.46. The van der Waals surface area contributed by atoms with Gasteiger partial charge >= 0.3 is 6.18 Å². The summed E-state index contributed by atoms with van der Waals surface area (Å²) in [5.41, 5.74) is 2.90. The van der Waals surface area contributed by atoms with Gasteiger partial charge in [0.15, 0.2) is 6.17 Å². The van der Waals surface area contributed by atoms with Crippen LogP contribution in [0.2, 0.25) is 0 Å². The number of alkyl halides is 4. The van der Waals surface area contributed by atoms with Crippen molar-refractivity contribution in [1.29, 1.82) is 0 Å². The van der Waals surface area contributed by atoms with E-state index in [1.807, 2.05) is 0 Å². The van der Waals surface area contributed by atoms with E-state index in [2.05, 4.69) is 20.4 Å². The van der Waals surface area contributed by atoms with Gasteiger partial charge in [-0.2, -0.15) is 18.3 Å². The number of nitrogens with one attached hydrogen (secondary N) is 1. The molecule has 1 atom stereocenters. The topological polar surface area (TPSA) is 75.4 Å². The number of hydrogen-bond donors (Lipinski definition) is 1. The fraction of sp³-hybridized carbons (Fsp3) is 0.385. The van der Waals surface area contributed by atoms with E-state index < -0.39 is 30.6 Å². The van der Waals surface area contributed by atoms with Gasteiger partial charge in [0.05, 0.1) is 41.6 Å². The first kappa shape index (κ1) is 26.0. The number of rotatable bonds is 6. The number of aromatic nitrogens is 3. The number of hydrogen-bond acceptors (Lipinski definition) is 5. The fourth-order valence-electron chi connectivity index (χ4n) is 4.36. The highest BCUT2D eigenvalue weighted by Gasteiger charge is 2.35. The predicted octanol–water partition coefficient (Wildman–Crippen LogP) is 4.95. The Morgan fingerprint density at radius 1 is 1.16 bits per heavy atom. The maximum absolute atomic E-state index is 14.6. The van der Waals surface area contributed by atoms with Crippen molar-refractivity contribution >= 4 is 17.3 Å². The van der Waals surface area contributed by atoms with Gasteiger partial charge in [0.25, 0.3) is 5.91 Å². The summed E-state index contributed by atoms with van der Waals surface area (Å²) in [6.45, 7) is 0.266. The molecule has 200 valence electrons. The Bertz CT molecular complexity index is 1380. The maximum Gasteiger partial charge on any atom is 0.401 e. The summed E-state index contributed by atoms with van der Waals surface area (Å²) in [7, 11) is 0. The van der Waals surface area contributed by atoms with Gasteiger partial charge in [-0.1, -0.05) is 0 Å². The molecule has 3 aromatic rings. The molecule has 0 bridgehead atoms. The normalized spacial score (nSPS) is 19.6. The van der Waals surface area contributed by atoms with E-state index in [1.165, 1.54) is 23.0 Å². The first-order valence-electron chi connectivity index (χ1n) is 12.2. The molecule has 3 heterocycles. The molecule has 7 nitrogen and oxygen atoms in total. The van der Waals surface area contributed by atoms with Gasteiger partial charge in [-0.05, 0) is 43.5 Å². The van der Waals surface area contributed by atoms with Gasteiger partial charge in [-0.3, -0.25) is 19.7 Å². The maximum atomic E-state index is 14.6. The van der Waals surface area contributed by atoms with E-state index in [-0.39, 0.29) is 36.8 Å². The molecule has 1 saturated heterocycles. The number of benzene rings is 1. The van der Waals surface area contributed by atoms with E-state index in [0.29, 0.717) is 28.1 Å². The summed E-state index contributed by atoms with van der Waals surface area (Å²) in [4.78, 5) is 22.0. The Morgan fingerprint density at radius 3 is 2.66 bits per heavy atom. The first-order valence-corrected chi connectivity index (χ1v) is 12.2. The molecule has 12 heteroatoms. The summed E-state index contributed by atoms with van der Waals surface area (Å²) < 4.78 is 68.5. The van der Waals surface area contributed by atoms with E-state index in [9.17, 15) is 26.7 Å². The van der Waals surface area contributed by atoms with Crippen LogP contribution in [0.3, 0.4) is 0 Å². The van der Waals surface area contributed by atoms with Crippen molar-refractivity contribution in [3.05, 3.63) is 59.9 Å². The predicted molar refractivity (Wildman–Crippen MR) is 131 cm³/mol. The van der Waals surface area contributed by atoms with Crippen molar-refractivity contribution in [2.45, 2.75) is 44.6 Å². The van der Waals surface area contributed by atoms with Crippen molar-refractivity contribution in [1.82, 2.24) is 25.0 Å². The third kappa shape index (κ3) is 6.07. The summed E-state index contributed by atoms with van der Waals surface area (Å²) in [5.74, 6) is -1.08. The van der Waals surface area contributed by atoms with Crippen LogP contribution in [0.15, 0.2) is 48.0 Å². The lowest BCUT2D eigenvalue weighted by Gasteiger charge is -2.30. The van der Waals surface area contributed by atoms with Gasteiger partial charge in [0, 0.05) is 49.1 Å². The number of aliphatic imine (C=N–C) groups is 1. The molecule has 2 fully saturated rings. The Hall–Kier alpha value is -3.67. The number of pyridine rings is 1. The zero-order chi connectivity index (χ0) is 27.0. The molecule has 1 aliphatic heterocycles. The average Bonchev–Trinajstić information content (AvgIpc) is 3.52. The van der Waals surface area contributed by atoms with Crippen LogP contribution in [0.5, 0.6) is 0 Å². The second kappa shape index (κ2) is 10.2. The number of halogens is 5. The van der Waals surface area contributed by atoms with Crippen LogP contribution >= 0.6 is 0 Å². The third-order valence-electron chi connectivity index (χ3n) is 6.47. The van der Waals surface area contributed by atoms with Crippen LogP contribution in [0.25, 0.3) is 16.8 Å². The molecule has 1 amide bonds. The van der Waals surface area contributed by atoms with Crippen LogP contribution in [-0.4, -0.2) is 69.3 Å². The fourth-order valence-corrected chi connectivity index (χ4v) is 4.36. The second-order valence-corrected chi connectivity index (χ2v) is 9.64. The van der Waals surface area contributed by atoms with Crippen molar-refractivity contribution in [3.8, 4) is 16.8 Å². The van der Waals surface area contributed by atoms with E-state index in [4.69, 9.17) is 0 Å². The van der Waals surface area contributed by atoms with Crippen LogP contribution in [0, 0.1) is 12.7 Å². The molecular weight excluding hydrogens is 507 g/mol. The number of likely N-dealkylation sites (tertiary alicyclic amines) is 1. The van der Waals surface area contributed by atoms with Crippen molar-refractivity contribution in [2.24, 2.45) is 4.99 Å². The molecule has 5 rings (SSSR count). The largest absolute Gasteiger partial charge is 0.401 e. The summed E-state index contributed by atoms with van der Waals surface area (Å²) in [6.07, 6.45) is 2.17. The minimum absolute atomic E-state index is 0.0592. The number of piperidine rings is 1. The second-order valence-electron chi connectivity index (χ2n) is 9.64. The Morgan fingerprint density at radius 2 is 1.95 bits per heavy atom. The highest BCUT2D eigenvalue weighted by atomic mass is 19.4. The smallest absolute Gasteiger partial charge is 0.349 e. The standard InChI is InChI=1S/C26H25F5N6O/c1-15-6-21(27)20(25(38)35-18-2-3-18)8-24(15)37-12-17(10-33-37)16-7-19(11-32-9-16)34-23-4-5-36(13-22(23)28)14-26(29,30)31/h6-12,18,22H,2-5,13-14H2,1H3,(H,35,38)/t22-/m1/s1. The number of amides is 1. The molecule has 1 saturated carbocycles. The summed E-state index contributed by atoms with van der Waals surface area (Å²) in [5, 5.41) is 7.15. The van der Waals surface area contributed by atoms with Crippen molar-refractivity contribution in [3.63, 3.8) is 0 Å². The van der Waals surface area contributed by atoms with Gasteiger partial charge < -0.3 is 5.32 Å². The van der Waals surface area contributed by atoms with Gasteiger partial charge in [0.1, 0.15) is 5.82 Å². The van der Waals surface area contributed by atoms with Crippen molar-refractivity contribution in [2.75, 3.05) is 19.6 Å². The first-order chi connectivity index (χ1) is 18.1. The van der Waals surface area contributed by atoms with Crippen LogP contribution in [0.1, 0.15) is 35.2 Å². The quantitative estimate of drug-likeness (QED) is 0.456. The van der Waals surface area contributed by atoms with E-state index in [0.717, 1.165) is 17.7 Å². The Labute approximate surface area is 215 Å². The molecule has 0 unspecified atom stereocenters. The summed E-state index contributed by atoms with van der Waals surface area (Å²) in [6, 6.07) is 4.53. The molecule has 1 N–H and O–H groups in total. The summed E-state index contributed by atoms with van der Waals surface area (Å²) >= 11 is 0. The van der Waals surface area contributed by atoms with Crippen LogP contribution in [0.4, 0.5) is 27.6 Å². The Kier molecular flexibility index (Phi) is 6.99. The molecule has 2 aromatic heterocycles. The van der Waals surface area contributed by atoms with E-state index >= 15 is 0 Å². The van der Waals surface area contributed by atoms with E-state index in [1.54, 1.807) is 31.6 Å². The zero-order valence-electron chi connectivity index (χ0n) is 20.5. The molecule has 1 aromatic carbocycles. The van der Waals surface area contributed by atoms with Crippen molar-refractivity contribution < 1.29 is 26.7 Å². The molecular formula is C26H25F5N6O. The third-order valence-corrected chi connectivity index (χ3v) is 6.47. The molecule has 2 aliphatic rings. The van der Waals surface area contributed by atoms with Gasteiger partial charge in [0.2, 0.25) is 0 Å². The zero-order valence-corrected chi connectivity index (χ0v) is 20.5. The average molecular weight is 533 g/mol. The van der Waals surface area contributed by atoms with Crippen LogP contribution < -0.4 is 5.32 Å². The molecule has 38 heavy (non-hydrogen) atoms. The lowest BCUT2D eigenvalue weighted by molar-refractivity contribution is -0.147. The molecule has 1 aliphatic carbocycles. The Balaban J connectivity index is 1.34. The monoisotopic (exact) mass is 532 g/mol. The number of carbonyl (C=O) groups excluding carboxylic acids is 1. The molecule has 0 radical (unpaired) electrons. The minimum atomic E-state index is -4.38. The van der Waals surface area contributed by atoms with Gasteiger partial charge in [-0.15, -0.1) is 0 Å². The number of aryl methyl sites for hydroxylation is 1. The SMILES string of the molecule is Cc1cc(F)c(C(=O)NC2CC2)cc1-n1cc(-c2cncc(N=C3CCN(CC(F)(F)F)C[C@H]3F)c2)cn1. The number of carbonyl (C=O) groups is 1. The highest BCUT2D eigenvalue weighted by Crippen LogP contribution is 2.28. The lowest BCUT2D eigenvalue weighted by atomic mass is 10.1. The van der Waals surface area contributed by atoms with Gasteiger partial charge in [-0.25, -0.2) is 13.5 Å². The molecule has 0 spiro atoms. The number of nitrogens with zero attached hydrogens (tertiary/aromatic N) is 5. The highest BCUT2D eigenvalue weighted by molar-refractivity contribution is 5.95. The van der Waals surface area contributed by atoms with Crippen LogP contribution in [-0.2, 0) is 0 Å².